The molecule has 2 saturated heterocycles. The van der Waals surface area contributed by atoms with Crippen LogP contribution in [0.5, 0.6) is 0 Å². The predicted octanol–water partition coefficient (Wildman–Crippen LogP) is 5.84. The van der Waals surface area contributed by atoms with Gasteiger partial charge in [-0.15, -0.1) is 11.3 Å². The third kappa shape index (κ3) is 7.23. The van der Waals surface area contributed by atoms with Crippen molar-refractivity contribution in [3.63, 3.8) is 0 Å². The Morgan fingerprint density at radius 3 is 2.61 bits per heavy atom. The lowest BCUT2D eigenvalue weighted by Gasteiger charge is -2.30. The summed E-state index contributed by atoms with van der Waals surface area (Å²) in [6, 6.07) is 10.1. The van der Waals surface area contributed by atoms with Crippen molar-refractivity contribution in [3.8, 4) is 0 Å². The van der Waals surface area contributed by atoms with Crippen molar-refractivity contribution < 1.29 is 33.4 Å². The number of carbonyl (C=O) groups is 3. The number of fused-ring (bicyclic) bond motifs is 1. The largest absolute Gasteiger partial charge is 0.481 e. The summed E-state index contributed by atoms with van der Waals surface area (Å²) in [5, 5.41) is 14.8. The van der Waals surface area contributed by atoms with Crippen LogP contribution in [0.25, 0.3) is 10.1 Å². The van der Waals surface area contributed by atoms with Crippen molar-refractivity contribution in [2.45, 2.75) is 69.2 Å². The highest BCUT2D eigenvalue weighted by molar-refractivity contribution is 7.17. The zero-order valence-corrected chi connectivity index (χ0v) is 27.3. The number of anilines is 1. The fraction of sp³-hybridized carbons (Fsp3) is 0.500. The minimum Gasteiger partial charge on any atom is -0.481 e. The average Bonchev–Trinajstić information content (AvgIpc) is 3.81. The van der Waals surface area contributed by atoms with E-state index >= 15 is 4.39 Å². The monoisotopic (exact) mass is 671 g/mol. The van der Waals surface area contributed by atoms with E-state index in [0.717, 1.165) is 36.0 Å². The summed E-state index contributed by atoms with van der Waals surface area (Å²) in [7, 11) is 1.72. The fourth-order valence-corrected chi connectivity index (χ4v) is 8.22. The molecule has 46 heavy (non-hydrogen) atoms. The molecule has 246 valence electrons. The molecule has 3 fully saturated rings. The van der Waals surface area contributed by atoms with E-state index in [4.69, 9.17) is 21.1 Å². The smallest absolute Gasteiger partial charge is 0.306 e. The number of rotatable bonds is 10. The predicted molar refractivity (Wildman–Crippen MR) is 175 cm³/mol. The number of nitrogens with one attached hydrogen (secondary N) is 1. The first-order valence-corrected chi connectivity index (χ1v) is 17.1. The number of nitrogens with zero attached hydrogens (tertiary/aromatic N) is 2. The highest BCUT2D eigenvalue weighted by Gasteiger charge is 2.41. The second-order valence-electron chi connectivity index (χ2n) is 12.6. The quantitative estimate of drug-likeness (QED) is 0.279. The van der Waals surface area contributed by atoms with Gasteiger partial charge < -0.3 is 24.8 Å². The summed E-state index contributed by atoms with van der Waals surface area (Å²) in [4.78, 5) is 42.3. The fourth-order valence-electron chi connectivity index (χ4n) is 7.05. The number of benzene rings is 2. The van der Waals surface area contributed by atoms with Crippen LogP contribution in [0.2, 0.25) is 5.02 Å². The normalized spacial score (nSPS) is 25.3. The van der Waals surface area contributed by atoms with E-state index in [9.17, 15) is 19.5 Å². The van der Waals surface area contributed by atoms with Gasteiger partial charge in [-0.2, -0.15) is 0 Å². The molecular weight excluding hydrogens is 633 g/mol. The number of thiophene rings is 1. The Hall–Kier alpha value is -3.09. The molecule has 1 aromatic heterocycles. The van der Waals surface area contributed by atoms with Gasteiger partial charge in [0.15, 0.2) is 0 Å². The Bertz CT molecular complexity index is 1590. The van der Waals surface area contributed by atoms with Crippen LogP contribution in [0.4, 0.5) is 10.1 Å². The van der Waals surface area contributed by atoms with Gasteiger partial charge in [-0.25, -0.2) is 4.39 Å². The van der Waals surface area contributed by atoms with E-state index in [1.807, 2.05) is 24.3 Å². The number of halogens is 2. The molecule has 3 aromatic rings. The van der Waals surface area contributed by atoms with Crippen molar-refractivity contribution in [1.29, 1.82) is 0 Å². The molecule has 1 aliphatic carbocycles. The molecule has 3 heterocycles. The number of amides is 2. The number of aliphatic carboxylic acids is 1. The van der Waals surface area contributed by atoms with Gasteiger partial charge in [-0.3, -0.25) is 19.3 Å². The molecule has 0 radical (unpaired) electrons. The molecule has 3 atom stereocenters. The maximum Gasteiger partial charge on any atom is 0.306 e. The first-order chi connectivity index (χ1) is 22.2. The molecule has 2 amide bonds. The van der Waals surface area contributed by atoms with E-state index in [1.165, 1.54) is 23.5 Å². The van der Waals surface area contributed by atoms with Crippen LogP contribution in [0.1, 0.15) is 54.4 Å². The number of ether oxygens (including phenoxy) is 2. The van der Waals surface area contributed by atoms with Crippen LogP contribution >= 0.6 is 22.9 Å². The van der Waals surface area contributed by atoms with Crippen molar-refractivity contribution in [3.05, 3.63) is 63.7 Å². The maximum atomic E-state index is 15.4. The lowest BCUT2D eigenvalue weighted by atomic mass is 9.87. The molecular formula is C34H39ClFN3O6S. The molecule has 2 N–H and O–H groups in total. The third-order valence-electron chi connectivity index (χ3n) is 9.74. The van der Waals surface area contributed by atoms with Gasteiger partial charge in [0.25, 0.3) is 5.91 Å². The van der Waals surface area contributed by atoms with E-state index in [0.29, 0.717) is 44.4 Å². The lowest BCUT2D eigenvalue weighted by Crippen LogP contribution is -2.41. The summed E-state index contributed by atoms with van der Waals surface area (Å²) in [5.41, 5.74) is 0.783. The second-order valence-corrected chi connectivity index (χ2v) is 13.9. The van der Waals surface area contributed by atoms with Crippen molar-refractivity contribution in [1.82, 2.24) is 9.80 Å². The topological polar surface area (TPSA) is 108 Å². The van der Waals surface area contributed by atoms with Gasteiger partial charge in [0.05, 0.1) is 53.5 Å². The Labute approximate surface area is 276 Å². The summed E-state index contributed by atoms with van der Waals surface area (Å²) < 4.78 is 28.2. The number of methoxy groups -OCH3 is 1. The molecule has 9 nitrogen and oxygen atoms in total. The van der Waals surface area contributed by atoms with Crippen LogP contribution in [0, 0.1) is 11.7 Å². The van der Waals surface area contributed by atoms with Crippen LogP contribution in [0.3, 0.4) is 0 Å². The van der Waals surface area contributed by atoms with Gasteiger partial charge in [-0.1, -0.05) is 29.8 Å². The molecule has 0 spiro atoms. The molecule has 1 saturated carbocycles. The Kier molecular flexibility index (Phi) is 10.2. The van der Waals surface area contributed by atoms with E-state index in [-0.39, 0.29) is 64.7 Å². The van der Waals surface area contributed by atoms with Gasteiger partial charge in [0.2, 0.25) is 5.91 Å². The lowest BCUT2D eigenvalue weighted by molar-refractivity contribution is -0.144. The number of carboxylic acids is 1. The van der Waals surface area contributed by atoms with Gasteiger partial charge >= 0.3 is 5.97 Å². The number of hydrogen-bond acceptors (Lipinski definition) is 7. The Morgan fingerprint density at radius 2 is 1.87 bits per heavy atom. The van der Waals surface area contributed by atoms with Crippen molar-refractivity contribution in [2.75, 3.05) is 38.7 Å². The number of carbonyl (C=O) groups excluding carboxylic acids is 2. The second kappa shape index (κ2) is 14.4. The summed E-state index contributed by atoms with van der Waals surface area (Å²) in [5.74, 6) is -2.31. The summed E-state index contributed by atoms with van der Waals surface area (Å²) in [6.45, 7) is 2.54. The Balaban J connectivity index is 1.12. The molecule has 6 rings (SSSR count). The molecule has 2 aromatic carbocycles. The van der Waals surface area contributed by atoms with Crippen molar-refractivity contribution >= 4 is 56.5 Å². The average molecular weight is 672 g/mol. The number of hydrogen-bond donors (Lipinski definition) is 2. The van der Waals surface area contributed by atoms with E-state index in [1.54, 1.807) is 17.4 Å². The minimum atomic E-state index is -0.757. The molecule has 0 unspecified atom stereocenters. The van der Waals surface area contributed by atoms with Gasteiger partial charge in [0.1, 0.15) is 5.82 Å². The van der Waals surface area contributed by atoms with E-state index in [2.05, 4.69) is 10.2 Å². The number of likely N-dealkylation sites (tertiary alicyclic amines) is 2. The standard InChI is InChI=1S/C34H39ClFN3O6S/c1-44-25-10-11-38(17-25)22-14-23(18-45-24-8-6-20(7-9-24)34(42)43)39(16-22)32(40)13-21-12-28(35)30(15-29(21)36)37-33(41)27-19-46-31-5-3-2-4-26(27)31/h2-5,12,15,19-20,22-25H,6-11,13-14,16-18H2,1H3,(H,37,41)(H,42,43)/t20-,22-,23-,24-,25+/m0/s1. The minimum absolute atomic E-state index is 0.0395. The Morgan fingerprint density at radius 1 is 1.09 bits per heavy atom. The molecule has 3 aliphatic rings. The summed E-state index contributed by atoms with van der Waals surface area (Å²) in [6.07, 6.45) is 4.14. The highest BCUT2D eigenvalue weighted by atomic mass is 35.5. The van der Waals surface area contributed by atoms with Crippen LogP contribution in [-0.2, 0) is 25.5 Å². The van der Waals surface area contributed by atoms with Crippen LogP contribution in [0.15, 0.2) is 41.8 Å². The zero-order chi connectivity index (χ0) is 32.4. The molecule has 2 aliphatic heterocycles. The van der Waals surface area contributed by atoms with E-state index < -0.39 is 11.8 Å². The molecule has 12 heteroatoms. The number of carboxylic acid groups (broad SMARTS) is 1. The third-order valence-corrected chi connectivity index (χ3v) is 11.0. The zero-order valence-electron chi connectivity index (χ0n) is 25.8. The SMILES string of the molecule is CO[C@@H]1CCN([C@H]2C[C@@H](CO[C@H]3CC[C@H](C(=O)O)CC3)N(C(=O)Cc3cc(Cl)c(NC(=O)c4csc5ccccc45)cc3F)C2)C1. The van der Waals surface area contributed by atoms with Gasteiger partial charge in [0, 0.05) is 48.3 Å². The summed E-state index contributed by atoms with van der Waals surface area (Å²) >= 11 is 7.97. The van der Waals surface area contributed by atoms with Gasteiger partial charge in [-0.05, 0) is 62.3 Å². The first kappa shape index (κ1) is 32.8. The highest BCUT2D eigenvalue weighted by Crippen LogP contribution is 2.32. The molecule has 0 bridgehead atoms. The van der Waals surface area contributed by atoms with Crippen LogP contribution in [-0.4, -0.2) is 90.3 Å². The maximum absolute atomic E-state index is 15.4. The van der Waals surface area contributed by atoms with Crippen molar-refractivity contribution in [2.24, 2.45) is 5.92 Å². The first-order valence-electron chi connectivity index (χ1n) is 15.9. The van der Waals surface area contributed by atoms with Crippen LogP contribution < -0.4 is 5.32 Å².